The number of ether oxygens (including phenoxy) is 1. The van der Waals surface area contributed by atoms with Crippen molar-refractivity contribution >= 4 is 22.2 Å². The SMILES string of the molecule is COc1cccc(-c2csc(N/N=C3\CCCC(C)C3)n2)c1. The summed E-state index contributed by atoms with van der Waals surface area (Å²) in [6, 6.07) is 7.94. The molecular formula is C17H21N3OS. The summed E-state index contributed by atoms with van der Waals surface area (Å²) in [7, 11) is 1.68. The molecule has 0 radical (unpaired) electrons. The number of nitrogens with zero attached hydrogens (tertiary/aromatic N) is 2. The van der Waals surface area contributed by atoms with Crippen LogP contribution in [0, 0.1) is 5.92 Å². The fourth-order valence-electron chi connectivity index (χ4n) is 2.73. The molecule has 116 valence electrons. The van der Waals surface area contributed by atoms with Crippen molar-refractivity contribution in [3.63, 3.8) is 0 Å². The van der Waals surface area contributed by atoms with Crippen molar-refractivity contribution in [3.8, 4) is 17.0 Å². The Morgan fingerprint density at radius 3 is 3.14 bits per heavy atom. The number of hydrazone groups is 1. The first kappa shape index (κ1) is 15.0. The number of methoxy groups -OCH3 is 1. The molecule has 3 rings (SSSR count). The van der Waals surface area contributed by atoms with Crippen molar-refractivity contribution in [2.24, 2.45) is 11.0 Å². The van der Waals surface area contributed by atoms with Crippen molar-refractivity contribution in [1.29, 1.82) is 0 Å². The smallest absolute Gasteiger partial charge is 0.203 e. The van der Waals surface area contributed by atoms with Gasteiger partial charge >= 0.3 is 0 Å². The van der Waals surface area contributed by atoms with Crippen molar-refractivity contribution in [1.82, 2.24) is 4.98 Å². The molecule has 1 unspecified atom stereocenters. The summed E-state index contributed by atoms with van der Waals surface area (Å²) in [4.78, 5) is 4.60. The maximum atomic E-state index is 5.26. The summed E-state index contributed by atoms with van der Waals surface area (Å²) < 4.78 is 5.26. The first-order valence-corrected chi connectivity index (χ1v) is 8.54. The van der Waals surface area contributed by atoms with E-state index in [4.69, 9.17) is 4.74 Å². The second-order valence-corrected chi connectivity index (χ2v) is 6.62. The minimum atomic E-state index is 0.748. The minimum Gasteiger partial charge on any atom is -0.497 e. The Hall–Kier alpha value is -1.88. The lowest BCUT2D eigenvalue weighted by Gasteiger charge is -2.18. The Bertz CT molecular complexity index is 665. The average molecular weight is 315 g/mol. The topological polar surface area (TPSA) is 46.5 Å². The van der Waals surface area contributed by atoms with Crippen LogP contribution in [0.15, 0.2) is 34.7 Å². The van der Waals surface area contributed by atoms with Gasteiger partial charge in [-0.25, -0.2) is 4.98 Å². The quantitative estimate of drug-likeness (QED) is 0.825. The molecule has 1 aromatic heterocycles. The number of thiazole rings is 1. The van der Waals surface area contributed by atoms with Gasteiger partial charge in [-0.2, -0.15) is 5.10 Å². The second-order valence-electron chi connectivity index (χ2n) is 5.76. The highest BCUT2D eigenvalue weighted by Gasteiger charge is 2.14. The second kappa shape index (κ2) is 6.92. The zero-order chi connectivity index (χ0) is 15.4. The molecule has 0 bridgehead atoms. The van der Waals surface area contributed by atoms with Gasteiger partial charge in [0.25, 0.3) is 0 Å². The Balaban J connectivity index is 1.69. The van der Waals surface area contributed by atoms with Gasteiger partial charge in [0.2, 0.25) is 5.13 Å². The van der Waals surface area contributed by atoms with Gasteiger partial charge in [-0.15, -0.1) is 11.3 Å². The van der Waals surface area contributed by atoms with E-state index in [9.17, 15) is 0 Å². The van der Waals surface area contributed by atoms with Crippen LogP contribution in [0.2, 0.25) is 0 Å². The number of anilines is 1. The molecule has 1 N–H and O–H groups in total. The number of hydrogen-bond acceptors (Lipinski definition) is 5. The number of hydrogen-bond donors (Lipinski definition) is 1. The van der Waals surface area contributed by atoms with Crippen LogP contribution in [0.5, 0.6) is 5.75 Å². The van der Waals surface area contributed by atoms with Crippen LogP contribution in [0.4, 0.5) is 5.13 Å². The summed E-state index contributed by atoms with van der Waals surface area (Å²) in [6.45, 7) is 2.29. The van der Waals surface area contributed by atoms with E-state index in [-0.39, 0.29) is 0 Å². The third kappa shape index (κ3) is 3.65. The fourth-order valence-corrected chi connectivity index (χ4v) is 3.39. The molecule has 0 spiro atoms. The molecule has 5 heteroatoms. The molecule has 0 saturated heterocycles. The van der Waals surface area contributed by atoms with E-state index in [0.717, 1.165) is 40.9 Å². The molecule has 1 heterocycles. The standard InChI is InChI=1S/C17H21N3OS/c1-12-5-3-7-14(9-12)19-20-17-18-16(11-22-17)13-6-4-8-15(10-13)21-2/h4,6,8,10-12H,3,5,7,9H2,1-2H3,(H,18,20)/b19-14+. The van der Waals surface area contributed by atoms with Crippen LogP contribution in [-0.2, 0) is 0 Å². The third-order valence-corrected chi connectivity index (χ3v) is 4.67. The Kier molecular flexibility index (Phi) is 4.73. The molecule has 0 aliphatic heterocycles. The van der Waals surface area contributed by atoms with Gasteiger partial charge in [-0.3, -0.25) is 5.43 Å². The highest BCUT2D eigenvalue weighted by atomic mass is 32.1. The molecule has 1 aliphatic carbocycles. The molecular weight excluding hydrogens is 294 g/mol. The molecule has 1 saturated carbocycles. The number of rotatable bonds is 4. The predicted molar refractivity (Wildman–Crippen MR) is 92.8 cm³/mol. The minimum absolute atomic E-state index is 0.748. The van der Waals surface area contributed by atoms with E-state index < -0.39 is 0 Å². The highest BCUT2D eigenvalue weighted by molar-refractivity contribution is 7.14. The van der Waals surface area contributed by atoms with Gasteiger partial charge in [0.05, 0.1) is 12.8 Å². The molecule has 1 aromatic carbocycles. The molecule has 0 amide bonds. The summed E-state index contributed by atoms with van der Waals surface area (Å²) in [5, 5.41) is 7.41. The lowest BCUT2D eigenvalue weighted by atomic mass is 9.89. The molecule has 4 nitrogen and oxygen atoms in total. The summed E-state index contributed by atoms with van der Waals surface area (Å²) in [5.41, 5.74) is 6.38. The predicted octanol–water partition coefficient (Wildman–Crippen LogP) is 4.80. The summed E-state index contributed by atoms with van der Waals surface area (Å²) >= 11 is 1.58. The van der Waals surface area contributed by atoms with E-state index in [1.165, 1.54) is 18.6 Å². The van der Waals surface area contributed by atoms with E-state index in [2.05, 4.69) is 22.4 Å². The summed E-state index contributed by atoms with van der Waals surface area (Å²) in [5.74, 6) is 1.59. The lowest BCUT2D eigenvalue weighted by molar-refractivity contribution is 0.415. The van der Waals surface area contributed by atoms with Crippen molar-refractivity contribution < 1.29 is 4.74 Å². The van der Waals surface area contributed by atoms with Crippen molar-refractivity contribution in [2.45, 2.75) is 32.6 Å². The van der Waals surface area contributed by atoms with Crippen LogP contribution in [0.3, 0.4) is 0 Å². The van der Waals surface area contributed by atoms with Crippen LogP contribution in [0.1, 0.15) is 32.6 Å². The number of nitrogens with one attached hydrogen (secondary N) is 1. The first-order valence-electron chi connectivity index (χ1n) is 7.66. The average Bonchev–Trinajstić information content (AvgIpc) is 3.02. The van der Waals surface area contributed by atoms with Gasteiger partial charge < -0.3 is 4.74 Å². The van der Waals surface area contributed by atoms with Crippen molar-refractivity contribution in [3.05, 3.63) is 29.6 Å². The third-order valence-electron chi connectivity index (χ3n) is 3.93. The molecule has 2 aromatic rings. The largest absolute Gasteiger partial charge is 0.497 e. The van der Waals surface area contributed by atoms with E-state index in [0.29, 0.717) is 0 Å². The molecule has 1 aliphatic rings. The maximum absolute atomic E-state index is 5.26. The lowest BCUT2D eigenvalue weighted by Crippen LogP contribution is -2.13. The summed E-state index contributed by atoms with van der Waals surface area (Å²) in [6.07, 6.45) is 4.76. The van der Waals surface area contributed by atoms with E-state index >= 15 is 0 Å². The highest BCUT2D eigenvalue weighted by Crippen LogP contribution is 2.28. The monoisotopic (exact) mass is 315 g/mol. The molecule has 1 atom stereocenters. The van der Waals surface area contributed by atoms with Crippen LogP contribution in [-0.4, -0.2) is 17.8 Å². The van der Waals surface area contributed by atoms with Gasteiger partial charge in [0.1, 0.15) is 5.75 Å². The number of aromatic nitrogens is 1. The Morgan fingerprint density at radius 1 is 1.41 bits per heavy atom. The van der Waals surface area contributed by atoms with E-state index in [1.54, 1.807) is 18.4 Å². The van der Waals surface area contributed by atoms with Gasteiger partial charge in [0, 0.05) is 16.7 Å². The first-order chi connectivity index (χ1) is 10.7. The zero-order valence-electron chi connectivity index (χ0n) is 13.0. The van der Waals surface area contributed by atoms with Gasteiger partial charge in [-0.1, -0.05) is 19.1 Å². The zero-order valence-corrected chi connectivity index (χ0v) is 13.8. The normalized spacial score (nSPS) is 20.1. The Morgan fingerprint density at radius 2 is 2.32 bits per heavy atom. The van der Waals surface area contributed by atoms with Gasteiger partial charge in [-0.05, 0) is 43.7 Å². The Labute approximate surface area is 135 Å². The van der Waals surface area contributed by atoms with Crippen molar-refractivity contribution in [2.75, 3.05) is 12.5 Å². The molecule has 1 fully saturated rings. The fraction of sp³-hybridized carbons (Fsp3) is 0.412. The molecule has 22 heavy (non-hydrogen) atoms. The van der Waals surface area contributed by atoms with Crippen LogP contribution in [0.25, 0.3) is 11.3 Å². The number of benzene rings is 1. The van der Waals surface area contributed by atoms with Crippen LogP contribution < -0.4 is 10.2 Å². The van der Waals surface area contributed by atoms with E-state index in [1.807, 2.05) is 29.6 Å². The van der Waals surface area contributed by atoms with Crippen LogP contribution >= 0.6 is 11.3 Å². The maximum Gasteiger partial charge on any atom is 0.203 e. The van der Waals surface area contributed by atoms with Gasteiger partial charge in [0.15, 0.2) is 0 Å².